The number of aromatic nitrogens is 3. The summed E-state index contributed by atoms with van der Waals surface area (Å²) in [4.78, 5) is 11.9. The Labute approximate surface area is 142 Å². The van der Waals surface area contributed by atoms with Crippen LogP contribution in [0.4, 0.5) is 0 Å². The summed E-state index contributed by atoms with van der Waals surface area (Å²) in [6.07, 6.45) is 2.09. The second-order valence-corrected chi connectivity index (χ2v) is 6.80. The van der Waals surface area contributed by atoms with Gasteiger partial charge in [-0.05, 0) is 30.5 Å². The highest BCUT2D eigenvalue weighted by molar-refractivity contribution is 7.98. The number of ether oxygens (including phenoxy) is 1. The average molecular weight is 360 g/mol. The molecule has 0 spiro atoms. The van der Waals surface area contributed by atoms with Gasteiger partial charge in [-0.25, -0.2) is 9.89 Å². The van der Waals surface area contributed by atoms with Crippen LogP contribution in [0.15, 0.2) is 28.2 Å². The number of rotatable bonds is 5. The van der Waals surface area contributed by atoms with Crippen molar-refractivity contribution in [2.24, 2.45) is 0 Å². The summed E-state index contributed by atoms with van der Waals surface area (Å²) in [5.74, 6) is 0.550. The summed E-state index contributed by atoms with van der Waals surface area (Å²) >= 11 is 13.8. The first-order valence-corrected chi connectivity index (χ1v) is 8.72. The molecule has 118 valence electrons. The van der Waals surface area contributed by atoms with Gasteiger partial charge in [-0.15, -0.1) is 5.10 Å². The predicted octanol–water partition coefficient (Wildman–Crippen LogP) is 3.35. The van der Waals surface area contributed by atoms with Crippen molar-refractivity contribution in [3.63, 3.8) is 0 Å². The van der Waals surface area contributed by atoms with E-state index >= 15 is 0 Å². The first kappa shape index (κ1) is 15.9. The van der Waals surface area contributed by atoms with Crippen molar-refractivity contribution in [1.82, 2.24) is 14.8 Å². The van der Waals surface area contributed by atoms with E-state index in [2.05, 4.69) is 10.2 Å². The van der Waals surface area contributed by atoms with Gasteiger partial charge in [0.2, 0.25) is 0 Å². The van der Waals surface area contributed by atoms with Gasteiger partial charge in [-0.3, -0.25) is 4.57 Å². The van der Waals surface area contributed by atoms with Crippen molar-refractivity contribution in [1.29, 1.82) is 0 Å². The Morgan fingerprint density at radius 2 is 2.18 bits per heavy atom. The van der Waals surface area contributed by atoms with Crippen molar-refractivity contribution in [3.8, 4) is 0 Å². The first-order chi connectivity index (χ1) is 10.6. The summed E-state index contributed by atoms with van der Waals surface area (Å²) in [5.41, 5.74) is 0.623. The molecule has 1 N–H and O–H groups in total. The Balaban J connectivity index is 1.74. The Hall–Kier alpha value is -0.950. The largest absolute Gasteiger partial charge is 0.376 e. The maximum absolute atomic E-state index is 11.9. The lowest BCUT2D eigenvalue weighted by Crippen LogP contribution is -2.24. The molecular formula is C14H15Cl2N3O2S. The third-order valence-electron chi connectivity index (χ3n) is 3.54. The van der Waals surface area contributed by atoms with Gasteiger partial charge in [-0.1, -0.05) is 41.0 Å². The molecule has 0 saturated carbocycles. The van der Waals surface area contributed by atoms with Gasteiger partial charge in [0, 0.05) is 22.4 Å². The van der Waals surface area contributed by atoms with Crippen LogP contribution < -0.4 is 5.69 Å². The molecule has 8 heteroatoms. The van der Waals surface area contributed by atoms with Gasteiger partial charge in [-0.2, -0.15) is 0 Å². The topological polar surface area (TPSA) is 59.9 Å². The maximum Gasteiger partial charge on any atom is 0.344 e. The predicted molar refractivity (Wildman–Crippen MR) is 87.8 cm³/mol. The maximum atomic E-state index is 11.9. The fourth-order valence-electron chi connectivity index (χ4n) is 2.37. The molecule has 0 amide bonds. The molecule has 1 aliphatic rings. The lowest BCUT2D eigenvalue weighted by atomic mass is 10.2. The van der Waals surface area contributed by atoms with Crippen molar-refractivity contribution in [2.45, 2.75) is 36.4 Å². The van der Waals surface area contributed by atoms with Crippen molar-refractivity contribution in [3.05, 3.63) is 44.3 Å². The van der Waals surface area contributed by atoms with E-state index in [0.29, 0.717) is 27.5 Å². The SMILES string of the molecule is O=c1[nH]nc(SCc2c(Cl)cccc2Cl)n1CC1CCCO1. The van der Waals surface area contributed by atoms with Crippen molar-refractivity contribution >= 4 is 35.0 Å². The lowest BCUT2D eigenvalue weighted by molar-refractivity contribution is 0.0941. The Bertz CT molecular complexity index is 690. The normalized spacial score (nSPS) is 18.0. The second kappa shape index (κ2) is 7.08. The number of hydrogen-bond donors (Lipinski definition) is 1. The molecular weight excluding hydrogens is 345 g/mol. The first-order valence-electron chi connectivity index (χ1n) is 6.97. The molecule has 1 aromatic carbocycles. The van der Waals surface area contributed by atoms with Crippen LogP contribution in [0.5, 0.6) is 0 Å². The zero-order valence-electron chi connectivity index (χ0n) is 11.7. The Morgan fingerprint density at radius 3 is 2.86 bits per heavy atom. The van der Waals surface area contributed by atoms with Crippen LogP contribution in [-0.2, 0) is 17.0 Å². The van der Waals surface area contributed by atoms with Crippen LogP contribution in [-0.4, -0.2) is 27.5 Å². The van der Waals surface area contributed by atoms with Gasteiger partial charge in [0.05, 0.1) is 12.6 Å². The highest BCUT2D eigenvalue weighted by Gasteiger charge is 2.20. The molecule has 5 nitrogen and oxygen atoms in total. The van der Waals surface area contributed by atoms with E-state index in [1.165, 1.54) is 11.8 Å². The molecule has 0 aliphatic carbocycles. The molecule has 1 aliphatic heterocycles. The van der Waals surface area contributed by atoms with Crippen LogP contribution in [0.1, 0.15) is 18.4 Å². The molecule has 0 radical (unpaired) electrons. The third-order valence-corrected chi connectivity index (χ3v) is 5.25. The number of benzene rings is 1. The van der Waals surface area contributed by atoms with E-state index in [1.54, 1.807) is 22.8 Å². The van der Waals surface area contributed by atoms with Crippen LogP contribution in [0.2, 0.25) is 10.0 Å². The van der Waals surface area contributed by atoms with Gasteiger partial charge < -0.3 is 4.74 Å². The van der Waals surface area contributed by atoms with E-state index < -0.39 is 0 Å². The molecule has 1 unspecified atom stereocenters. The Kier molecular flexibility index (Phi) is 5.13. The van der Waals surface area contributed by atoms with Gasteiger partial charge in [0.1, 0.15) is 0 Å². The number of thioether (sulfide) groups is 1. The molecule has 0 bridgehead atoms. The number of H-pyrrole nitrogens is 1. The zero-order valence-corrected chi connectivity index (χ0v) is 14.0. The summed E-state index contributed by atoms with van der Waals surface area (Å²) < 4.78 is 7.20. The van der Waals surface area contributed by atoms with Crippen LogP contribution in [0.3, 0.4) is 0 Å². The number of hydrogen-bond acceptors (Lipinski definition) is 4. The van der Waals surface area contributed by atoms with E-state index in [-0.39, 0.29) is 11.8 Å². The molecule has 2 aromatic rings. The van der Waals surface area contributed by atoms with Crippen molar-refractivity contribution in [2.75, 3.05) is 6.61 Å². The highest BCUT2D eigenvalue weighted by atomic mass is 35.5. The fourth-order valence-corrected chi connectivity index (χ4v) is 4.07. The van der Waals surface area contributed by atoms with Crippen LogP contribution in [0, 0.1) is 0 Å². The summed E-state index contributed by atoms with van der Waals surface area (Å²) in [6.45, 7) is 1.28. The van der Waals surface area contributed by atoms with E-state index in [0.717, 1.165) is 25.0 Å². The zero-order chi connectivity index (χ0) is 15.5. The van der Waals surface area contributed by atoms with Crippen molar-refractivity contribution < 1.29 is 4.74 Å². The number of nitrogens with zero attached hydrogens (tertiary/aromatic N) is 2. The summed E-state index contributed by atoms with van der Waals surface area (Å²) in [5, 5.41) is 8.42. The van der Waals surface area contributed by atoms with Gasteiger partial charge in [0.15, 0.2) is 5.16 Å². The molecule has 3 rings (SSSR count). The number of nitrogens with one attached hydrogen (secondary N) is 1. The second-order valence-electron chi connectivity index (χ2n) is 5.05. The van der Waals surface area contributed by atoms with E-state index in [1.807, 2.05) is 0 Å². The minimum Gasteiger partial charge on any atom is -0.376 e. The van der Waals surface area contributed by atoms with Crippen LogP contribution in [0.25, 0.3) is 0 Å². The minimum absolute atomic E-state index is 0.0820. The minimum atomic E-state index is -0.219. The van der Waals surface area contributed by atoms with E-state index in [4.69, 9.17) is 27.9 Å². The fraction of sp³-hybridized carbons (Fsp3) is 0.429. The number of aromatic amines is 1. The quantitative estimate of drug-likeness (QED) is 0.831. The van der Waals surface area contributed by atoms with Gasteiger partial charge >= 0.3 is 5.69 Å². The summed E-state index contributed by atoms with van der Waals surface area (Å²) in [6, 6.07) is 5.40. The van der Waals surface area contributed by atoms with E-state index in [9.17, 15) is 4.79 Å². The number of halogens is 2. The molecule has 1 atom stereocenters. The molecule has 2 heterocycles. The average Bonchev–Trinajstić information content (AvgIpc) is 3.11. The molecule has 22 heavy (non-hydrogen) atoms. The third kappa shape index (κ3) is 3.51. The van der Waals surface area contributed by atoms with Crippen LogP contribution >= 0.6 is 35.0 Å². The summed E-state index contributed by atoms with van der Waals surface area (Å²) in [7, 11) is 0. The monoisotopic (exact) mass is 359 g/mol. The molecule has 1 aromatic heterocycles. The Morgan fingerprint density at radius 1 is 1.41 bits per heavy atom. The smallest absolute Gasteiger partial charge is 0.344 e. The highest BCUT2D eigenvalue weighted by Crippen LogP contribution is 2.30. The lowest BCUT2D eigenvalue weighted by Gasteiger charge is -2.11. The molecule has 1 saturated heterocycles. The molecule has 1 fully saturated rings. The van der Waals surface area contributed by atoms with Gasteiger partial charge in [0.25, 0.3) is 0 Å². The standard InChI is InChI=1S/C14H15Cl2N3O2S/c15-11-4-1-5-12(16)10(11)8-22-14-18-17-13(20)19(14)7-9-3-2-6-21-9/h1,4-5,9H,2-3,6-8H2,(H,17,20).